The van der Waals surface area contributed by atoms with Crippen LogP contribution in [0.1, 0.15) is 13.3 Å². The lowest BCUT2D eigenvalue weighted by atomic mass is 10.2. The van der Waals surface area contributed by atoms with Gasteiger partial charge in [0, 0.05) is 13.1 Å². The van der Waals surface area contributed by atoms with Gasteiger partial charge in [-0.25, -0.2) is 4.79 Å². The monoisotopic (exact) mass is 242 g/mol. The first-order chi connectivity index (χ1) is 7.79. The summed E-state index contributed by atoms with van der Waals surface area (Å²) in [6.07, 6.45) is 1.07. The molecule has 2 rings (SSSR count). The molecule has 1 fully saturated rings. The van der Waals surface area contributed by atoms with Crippen LogP contribution in [-0.2, 0) is 4.74 Å². The third-order valence-corrected chi connectivity index (χ3v) is 3.06. The fourth-order valence-electron chi connectivity index (χ4n) is 1.55. The molecule has 88 valence electrons. The molecule has 1 N–H and O–H groups in total. The van der Waals surface area contributed by atoms with Crippen LogP contribution in [-0.4, -0.2) is 46.9 Å². The molecule has 0 spiro atoms. The molecule has 0 bridgehead atoms. The molecule has 16 heavy (non-hydrogen) atoms. The Morgan fingerprint density at radius 1 is 1.81 bits per heavy atom. The lowest BCUT2D eigenvalue weighted by molar-refractivity contribution is -0.0134. The van der Waals surface area contributed by atoms with E-state index in [1.807, 2.05) is 0 Å². The second-order valence-electron chi connectivity index (χ2n) is 3.52. The Balaban J connectivity index is 1.89. The molecule has 0 saturated carbocycles. The van der Waals surface area contributed by atoms with Crippen LogP contribution in [0.15, 0.2) is 5.51 Å². The molecule has 0 aliphatic carbocycles. The van der Waals surface area contributed by atoms with Crippen LogP contribution in [0.4, 0.5) is 9.93 Å². The lowest BCUT2D eigenvalue weighted by Gasteiger charge is -2.32. The van der Waals surface area contributed by atoms with Gasteiger partial charge in [0.25, 0.3) is 0 Å². The van der Waals surface area contributed by atoms with Crippen LogP contribution < -0.4 is 5.32 Å². The maximum atomic E-state index is 11.8. The van der Waals surface area contributed by atoms with Gasteiger partial charge in [-0.3, -0.25) is 5.32 Å². The first kappa shape index (κ1) is 11.3. The highest BCUT2D eigenvalue weighted by atomic mass is 32.1. The number of anilines is 1. The fraction of sp³-hybridized carbons (Fsp3) is 0.667. The summed E-state index contributed by atoms with van der Waals surface area (Å²) in [5, 5.41) is 10.7. The van der Waals surface area contributed by atoms with Gasteiger partial charge in [-0.05, 0) is 6.42 Å². The van der Waals surface area contributed by atoms with Gasteiger partial charge in [-0.15, -0.1) is 10.2 Å². The Morgan fingerprint density at radius 2 is 2.69 bits per heavy atom. The van der Waals surface area contributed by atoms with Crippen LogP contribution >= 0.6 is 11.3 Å². The first-order valence-corrected chi connectivity index (χ1v) is 6.11. The molecule has 1 atom stereocenters. The van der Waals surface area contributed by atoms with Crippen LogP contribution in [0.3, 0.4) is 0 Å². The minimum absolute atomic E-state index is 0.126. The van der Waals surface area contributed by atoms with E-state index in [0.29, 0.717) is 24.8 Å². The number of aromatic nitrogens is 2. The van der Waals surface area contributed by atoms with Gasteiger partial charge in [0.1, 0.15) is 5.51 Å². The minimum Gasteiger partial charge on any atom is -0.375 e. The Labute approximate surface area is 97.6 Å². The van der Waals surface area contributed by atoms with Crippen molar-refractivity contribution in [3.05, 3.63) is 5.51 Å². The number of carbonyl (C=O) groups excluding carboxylic acids is 1. The molecule has 1 aromatic heterocycles. The summed E-state index contributed by atoms with van der Waals surface area (Å²) in [7, 11) is 0. The van der Waals surface area contributed by atoms with Gasteiger partial charge in [0.05, 0.1) is 12.7 Å². The zero-order chi connectivity index (χ0) is 11.4. The molecule has 1 unspecified atom stereocenters. The van der Waals surface area contributed by atoms with Crippen molar-refractivity contribution in [1.82, 2.24) is 15.1 Å². The van der Waals surface area contributed by atoms with Crippen molar-refractivity contribution in [2.75, 3.05) is 25.0 Å². The summed E-state index contributed by atoms with van der Waals surface area (Å²) in [6, 6.07) is -0.126. The second kappa shape index (κ2) is 5.22. The number of morpholine rings is 1. The van der Waals surface area contributed by atoms with E-state index in [1.165, 1.54) is 11.3 Å². The van der Waals surface area contributed by atoms with Crippen LogP contribution in [0, 0.1) is 0 Å². The summed E-state index contributed by atoms with van der Waals surface area (Å²) in [6.45, 7) is 3.92. The molecule has 7 heteroatoms. The third-order valence-electron chi connectivity index (χ3n) is 2.46. The zero-order valence-electron chi connectivity index (χ0n) is 9.05. The van der Waals surface area contributed by atoms with Gasteiger partial charge in [-0.1, -0.05) is 18.3 Å². The number of nitrogens with one attached hydrogen (secondary N) is 1. The molecule has 1 aromatic rings. The number of nitrogens with zero attached hydrogens (tertiary/aromatic N) is 3. The maximum absolute atomic E-state index is 11.8. The average Bonchev–Trinajstić information content (AvgIpc) is 2.82. The zero-order valence-corrected chi connectivity index (χ0v) is 9.87. The Hall–Kier alpha value is -1.21. The van der Waals surface area contributed by atoms with Crippen LogP contribution in [0.25, 0.3) is 0 Å². The van der Waals surface area contributed by atoms with E-state index >= 15 is 0 Å². The van der Waals surface area contributed by atoms with E-state index in [4.69, 9.17) is 4.74 Å². The summed E-state index contributed by atoms with van der Waals surface area (Å²) < 4.78 is 5.50. The van der Waals surface area contributed by atoms with Gasteiger partial charge in [0.15, 0.2) is 0 Å². The van der Waals surface area contributed by atoms with Crippen molar-refractivity contribution >= 4 is 22.5 Å². The molecule has 1 aliphatic heterocycles. The van der Waals surface area contributed by atoms with Crippen molar-refractivity contribution in [2.24, 2.45) is 0 Å². The number of carbonyl (C=O) groups is 1. The molecular formula is C9H14N4O2S. The SMILES string of the molecule is CCC1CN(C(=O)Nc2nncs2)CCO1. The molecular weight excluding hydrogens is 228 g/mol. The fourth-order valence-corrected chi connectivity index (χ4v) is 1.98. The van der Waals surface area contributed by atoms with Crippen molar-refractivity contribution in [1.29, 1.82) is 0 Å². The number of rotatable bonds is 2. The van der Waals surface area contributed by atoms with Gasteiger partial charge >= 0.3 is 6.03 Å². The maximum Gasteiger partial charge on any atom is 0.323 e. The minimum atomic E-state index is -0.126. The number of ether oxygens (including phenoxy) is 1. The summed E-state index contributed by atoms with van der Waals surface area (Å²) in [5.74, 6) is 0. The van der Waals surface area contributed by atoms with E-state index in [-0.39, 0.29) is 12.1 Å². The highest BCUT2D eigenvalue weighted by molar-refractivity contribution is 7.13. The van der Waals surface area contributed by atoms with Crippen molar-refractivity contribution in [3.63, 3.8) is 0 Å². The van der Waals surface area contributed by atoms with E-state index < -0.39 is 0 Å². The predicted molar refractivity (Wildman–Crippen MR) is 60.5 cm³/mol. The largest absolute Gasteiger partial charge is 0.375 e. The topological polar surface area (TPSA) is 67.4 Å². The van der Waals surface area contributed by atoms with Crippen molar-refractivity contribution in [3.8, 4) is 0 Å². The normalized spacial score (nSPS) is 20.8. The van der Waals surface area contributed by atoms with Crippen LogP contribution in [0.5, 0.6) is 0 Å². The van der Waals surface area contributed by atoms with Crippen molar-refractivity contribution in [2.45, 2.75) is 19.4 Å². The smallest absolute Gasteiger partial charge is 0.323 e. The number of amides is 2. The Morgan fingerprint density at radius 3 is 3.38 bits per heavy atom. The molecule has 6 nitrogen and oxygen atoms in total. The van der Waals surface area contributed by atoms with E-state index in [2.05, 4.69) is 22.4 Å². The average molecular weight is 242 g/mol. The Bertz CT molecular complexity index is 343. The number of hydrogen-bond acceptors (Lipinski definition) is 5. The predicted octanol–water partition coefficient (Wildman–Crippen LogP) is 1.18. The molecule has 1 aliphatic rings. The van der Waals surface area contributed by atoms with Gasteiger partial charge in [-0.2, -0.15) is 0 Å². The van der Waals surface area contributed by atoms with Gasteiger partial charge < -0.3 is 9.64 Å². The van der Waals surface area contributed by atoms with Crippen LogP contribution in [0.2, 0.25) is 0 Å². The summed E-state index contributed by atoms with van der Waals surface area (Å²) in [4.78, 5) is 13.6. The molecule has 2 amide bonds. The third kappa shape index (κ3) is 2.67. The summed E-state index contributed by atoms with van der Waals surface area (Å²) in [5.41, 5.74) is 1.59. The standard InChI is InChI=1S/C9H14N4O2S/c1-2-7-5-13(3-4-15-7)9(14)11-8-12-10-6-16-8/h6-7H,2-5H2,1H3,(H,11,12,14). The second-order valence-corrected chi connectivity index (χ2v) is 4.35. The number of urea groups is 1. The van der Waals surface area contributed by atoms with Crippen molar-refractivity contribution < 1.29 is 9.53 Å². The molecule has 1 saturated heterocycles. The van der Waals surface area contributed by atoms with Gasteiger partial charge in [0.2, 0.25) is 5.13 Å². The molecule has 2 heterocycles. The molecule has 0 radical (unpaired) electrons. The first-order valence-electron chi connectivity index (χ1n) is 5.23. The van der Waals surface area contributed by atoms with E-state index in [0.717, 1.165) is 6.42 Å². The van der Waals surface area contributed by atoms with E-state index in [1.54, 1.807) is 10.4 Å². The highest BCUT2D eigenvalue weighted by Crippen LogP contribution is 2.12. The Kier molecular flexibility index (Phi) is 3.68. The molecule has 0 aromatic carbocycles. The highest BCUT2D eigenvalue weighted by Gasteiger charge is 2.23. The number of hydrogen-bond donors (Lipinski definition) is 1. The van der Waals surface area contributed by atoms with E-state index in [9.17, 15) is 4.79 Å². The lowest BCUT2D eigenvalue weighted by Crippen LogP contribution is -2.47. The quantitative estimate of drug-likeness (QED) is 0.845. The summed E-state index contributed by atoms with van der Waals surface area (Å²) >= 11 is 1.31.